The zero-order valence-electron chi connectivity index (χ0n) is 5.79. The van der Waals surface area contributed by atoms with Crippen molar-refractivity contribution in [2.75, 3.05) is 6.07 Å². The molecule has 56 valence electrons. The van der Waals surface area contributed by atoms with Crippen molar-refractivity contribution >= 4 is 11.6 Å². The summed E-state index contributed by atoms with van der Waals surface area (Å²) < 4.78 is 5.35. The zero-order chi connectivity index (χ0) is 6.97. The minimum Gasteiger partial charge on any atom is -0.362 e. The van der Waals surface area contributed by atoms with Crippen LogP contribution in [-0.2, 0) is 4.74 Å². The van der Waals surface area contributed by atoms with Gasteiger partial charge in [-0.25, -0.2) is 0 Å². The lowest BCUT2D eigenvalue weighted by Crippen LogP contribution is -2.16. The van der Waals surface area contributed by atoms with Crippen LogP contribution in [-0.4, -0.2) is 12.2 Å². The van der Waals surface area contributed by atoms with Gasteiger partial charge in [0.05, 0.1) is 6.10 Å². The number of halogens is 1. The fourth-order valence-corrected chi connectivity index (χ4v) is 2.16. The molecule has 0 N–H and O–H groups in total. The SMILES string of the molecule is ClCOC1CC2C=CC1C2. The van der Waals surface area contributed by atoms with E-state index in [1.54, 1.807) is 0 Å². The summed E-state index contributed by atoms with van der Waals surface area (Å²) in [7, 11) is 0. The molecule has 3 unspecified atom stereocenters. The molecule has 1 nitrogen and oxygen atoms in total. The third kappa shape index (κ3) is 0.977. The molecule has 1 fully saturated rings. The molecule has 0 amide bonds. The number of alkyl halides is 1. The van der Waals surface area contributed by atoms with Gasteiger partial charge in [-0.1, -0.05) is 23.8 Å². The Bertz CT molecular complexity index is 155. The van der Waals surface area contributed by atoms with Gasteiger partial charge in [-0.05, 0) is 18.8 Å². The molecule has 0 spiro atoms. The highest BCUT2D eigenvalue weighted by atomic mass is 35.5. The predicted molar refractivity (Wildman–Crippen MR) is 40.9 cm³/mol. The molecule has 0 radical (unpaired) electrons. The van der Waals surface area contributed by atoms with Crippen molar-refractivity contribution < 1.29 is 4.74 Å². The summed E-state index contributed by atoms with van der Waals surface area (Å²) in [5.41, 5.74) is 0. The Morgan fingerprint density at radius 1 is 1.40 bits per heavy atom. The summed E-state index contributed by atoms with van der Waals surface area (Å²) in [6.07, 6.45) is 7.48. The van der Waals surface area contributed by atoms with Crippen LogP contribution in [0.1, 0.15) is 12.8 Å². The van der Waals surface area contributed by atoms with Gasteiger partial charge < -0.3 is 4.74 Å². The molecule has 0 saturated heterocycles. The average Bonchev–Trinajstić information content (AvgIpc) is 2.48. The first-order valence-corrected chi connectivity index (χ1v) is 4.29. The summed E-state index contributed by atoms with van der Waals surface area (Å²) in [5.74, 6) is 1.46. The van der Waals surface area contributed by atoms with Crippen molar-refractivity contribution in [2.24, 2.45) is 11.8 Å². The van der Waals surface area contributed by atoms with Crippen molar-refractivity contribution in [1.82, 2.24) is 0 Å². The van der Waals surface area contributed by atoms with Gasteiger partial charge in [0.2, 0.25) is 0 Å². The van der Waals surface area contributed by atoms with Crippen LogP contribution in [0.3, 0.4) is 0 Å². The van der Waals surface area contributed by atoms with Crippen LogP contribution < -0.4 is 0 Å². The highest BCUT2D eigenvalue weighted by Gasteiger charge is 2.35. The molecule has 10 heavy (non-hydrogen) atoms. The quantitative estimate of drug-likeness (QED) is 0.442. The van der Waals surface area contributed by atoms with E-state index in [4.69, 9.17) is 16.3 Å². The van der Waals surface area contributed by atoms with Gasteiger partial charge in [0.25, 0.3) is 0 Å². The van der Waals surface area contributed by atoms with Crippen LogP contribution in [0.25, 0.3) is 0 Å². The molecule has 0 aromatic carbocycles. The Morgan fingerprint density at radius 2 is 2.30 bits per heavy atom. The third-order valence-electron chi connectivity index (χ3n) is 2.50. The summed E-state index contributed by atoms with van der Waals surface area (Å²) in [5, 5.41) is 0. The zero-order valence-corrected chi connectivity index (χ0v) is 6.55. The lowest BCUT2D eigenvalue weighted by molar-refractivity contribution is 0.0682. The van der Waals surface area contributed by atoms with Crippen molar-refractivity contribution in [2.45, 2.75) is 18.9 Å². The van der Waals surface area contributed by atoms with Gasteiger partial charge in [0.15, 0.2) is 0 Å². The third-order valence-corrected chi connectivity index (χ3v) is 2.62. The topological polar surface area (TPSA) is 9.23 Å². The van der Waals surface area contributed by atoms with Crippen molar-refractivity contribution in [3.05, 3.63) is 12.2 Å². The summed E-state index contributed by atoms with van der Waals surface area (Å²) in [6.45, 7) is 0. The Kier molecular flexibility index (Phi) is 1.71. The first-order chi connectivity index (χ1) is 4.90. The molecular formula is C8H11ClO. The number of hydrogen-bond donors (Lipinski definition) is 0. The molecule has 0 heterocycles. The molecule has 0 aromatic heterocycles. The van der Waals surface area contributed by atoms with Gasteiger partial charge in [-0.3, -0.25) is 0 Å². The second-order valence-electron chi connectivity index (χ2n) is 3.09. The van der Waals surface area contributed by atoms with E-state index < -0.39 is 0 Å². The van der Waals surface area contributed by atoms with Crippen LogP contribution in [0, 0.1) is 11.8 Å². The first kappa shape index (κ1) is 6.68. The standard InChI is InChI=1S/C8H11ClO/c9-5-10-8-4-6-1-2-7(8)3-6/h1-2,6-8H,3-5H2. The molecule has 2 heteroatoms. The highest BCUT2D eigenvalue weighted by Crippen LogP contribution is 2.40. The number of allylic oxidation sites excluding steroid dienone is 1. The minimum absolute atomic E-state index is 0.349. The van der Waals surface area contributed by atoms with Gasteiger partial charge in [0, 0.05) is 5.92 Å². The molecule has 2 bridgehead atoms. The van der Waals surface area contributed by atoms with E-state index >= 15 is 0 Å². The fourth-order valence-electron chi connectivity index (χ4n) is 2.00. The average molecular weight is 159 g/mol. The molecular weight excluding hydrogens is 148 g/mol. The lowest BCUT2D eigenvalue weighted by atomic mass is 10.1. The summed E-state index contributed by atoms with van der Waals surface area (Å²) in [6, 6.07) is 0.349. The Labute approximate surface area is 66.0 Å². The maximum Gasteiger partial charge on any atom is 0.121 e. The minimum atomic E-state index is 0.349. The van der Waals surface area contributed by atoms with Crippen LogP contribution in [0.2, 0.25) is 0 Å². The van der Waals surface area contributed by atoms with Crippen LogP contribution in [0.4, 0.5) is 0 Å². The van der Waals surface area contributed by atoms with E-state index in [1.165, 1.54) is 12.8 Å². The van der Waals surface area contributed by atoms with Crippen LogP contribution >= 0.6 is 11.6 Å². The Morgan fingerprint density at radius 3 is 2.80 bits per heavy atom. The monoisotopic (exact) mass is 158 g/mol. The van der Waals surface area contributed by atoms with Crippen LogP contribution in [0.5, 0.6) is 0 Å². The van der Waals surface area contributed by atoms with Crippen LogP contribution in [0.15, 0.2) is 12.2 Å². The maximum atomic E-state index is 5.47. The van der Waals surface area contributed by atoms with E-state index in [0.29, 0.717) is 18.1 Å². The number of hydrogen-bond acceptors (Lipinski definition) is 1. The molecule has 0 aliphatic heterocycles. The smallest absolute Gasteiger partial charge is 0.121 e. The van der Waals surface area contributed by atoms with Gasteiger partial charge >= 0.3 is 0 Å². The Balaban J connectivity index is 1.96. The molecule has 2 rings (SSSR count). The van der Waals surface area contributed by atoms with Crippen molar-refractivity contribution in [3.8, 4) is 0 Å². The number of rotatable bonds is 2. The lowest BCUT2D eigenvalue weighted by Gasteiger charge is -2.16. The fraction of sp³-hybridized carbons (Fsp3) is 0.750. The summed E-state index contributed by atoms with van der Waals surface area (Å²) >= 11 is 5.47. The van der Waals surface area contributed by atoms with E-state index in [0.717, 1.165) is 5.92 Å². The predicted octanol–water partition coefficient (Wildman–Crippen LogP) is 2.16. The van der Waals surface area contributed by atoms with E-state index in [1.807, 2.05) is 0 Å². The van der Waals surface area contributed by atoms with Gasteiger partial charge in [0.1, 0.15) is 6.07 Å². The normalized spacial score (nSPS) is 43.1. The van der Waals surface area contributed by atoms with E-state index in [2.05, 4.69) is 12.2 Å². The van der Waals surface area contributed by atoms with E-state index in [9.17, 15) is 0 Å². The second kappa shape index (κ2) is 2.55. The number of ether oxygens (including phenoxy) is 1. The van der Waals surface area contributed by atoms with Gasteiger partial charge in [-0.2, -0.15) is 0 Å². The second-order valence-corrected chi connectivity index (χ2v) is 3.31. The summed E-state index contributed by atoms with van der Waals surface area (Å²) in [4.78, 5) is 0. The van der Waals surface area contributed by atoms with E-state index in [-0.39, 0.29) is 0 Å². The molecule has 1 saturated carbocycles. The largest absolute Gasteiger partial charge is 0.362 e. The molecule has 2 aliphatic rings. The molecule has 0 aromatic rings. The van der Waals surface area contributed by atoms with Crippen molar-refractivity contribution in [3.63, 3.8) is 0 Å². The first-order valence-electron chi connectivity index (χ1n) is 3.76. The van der Waals surface area contributed by atoms with Crippen molar-refractivity contribution in [1.29, 1.82) is 0 Å². The maximum absolute atomic E-state index is 5.47. The number of fused-ring (bicyclic) bond motifs is 2. The van der Waals surface area contributed by atoms with Gasteiger partial charge in [-0.15, -0.1) is 0 Å². The Hall–Kier alpha value is -0.0100. The highest BCUT2D eigenvalue weighted by molar-refractivity contribution is 6.17. The molecule has 2 aliphatic carbocycles. The molecule has 3 atom stereocenters.